The summed E-state index contributed by atoms with van der Waals surface area (Å²) in [5.41, 5.74) is 0.710. The number of nitro groups is 2. The molecule has 3 aromatic rings. The van der Waals surface area contributed by atoms with Crippen LogP contribution in [-0.4, -0.2) is 48.8 Å². The Morgan fingerprint density at radius 3 is 2.73 bits per heavy atom. The number of para-hydroxylation sites is 1. The van der Waals surface area contributed by atoms with E-state index in [4.69, 9.17) is 0 Å². The van der Waals surface area contributed by atoms with Crippen LogP contribution in [-0.2, 0) is 11.3 Å². The third kappa shape index (κ3) is 4.48. The first-order valence-electron chi connectivity index (χ1n) is 9.91. The van der Waals surface area contributed by atoms with Crippen molar-refractivity contribution < 1.29 is 19.4 Å². The Bertz CT molecular complexity index is 1260. The summed E-state index contributed by atoms with van der Waals surface area (Å²) in [6, 6.07) is 9.88. The van der Waals surface area contributed by atoms with Gasteiger partial charge in [-0.3, -0.25) is 29.7 Å². The van der Waals surface area contributed by atoms with Gasteiger partial charge in [0.05, 0.1) is 32.9 Å². The van der Waals surface area contributed by atoms with E-state index in [1.54, 1.807) is 23.0 Å². The highest BCUT2D eigenvalue weighted by atomic mass is 32.2. The minimum atomic E-state index is -0.783. The number of urea groups is 1. The lowest BCUT2D eigenvalue weighted by Gasteiger charge is -2.22. The quantitative estimate of drug-likeness (QED) is 0.314. The molecule has 0 spiro atoms. The van der Waals surface area contributed by atoms with E-state index < -0.39 is 27.2 Å². The lowest BCUT2D eigenvalue weighted by Crippen LogP contribution is -2.42. The molecule has 1 atom stereocenters. The first-order valence-corrected chi connectivity index (χ1v) is 11.0. The van der Waals surface area contributed by atoms with Gasteiger partial charge in [-0.2, -0.15) is 5.10 Å². The van der Waals surface area contributed by atoms with Crippen LogP contribution in [0.2, 0.25) is 0 Å². The average Bonchev–Trinajstić information content (AvgIpc) is 3.39. The van der Waals surface area contributed by atoms with Crippen molar-refractivity contribution in [3.8, 4) is 0 Å². The highest BCUT2D eigenvalue weighted by Crippen LogP contribution is 2.42. The van der Waals surface area contributed by atoms with Crippen molar-refractivity contribution in [2.75, 3.05) is 12.3 Å². The van der Waals surface area contributed by atoms with Crippen LogP contribution in [0.1, 0.15) is 17.4 Å². The molecular weight excluding hydrogens is 452 g/mol. The Morgan fingerprint density at radius 1 is 1.18 bits per heavy atom. The van der Waals surface area contributed by atoms with Gasteiger partial charge in [0.25, 0.3) is 11.4 Å². The minimum absolute atomic E-state index is 0.0383. The summed E-state index contributed by atoms with van der Waals surface area (Å²) >= 11 is 1.16. The molecule has 1 unspecified atom stereocenters. The lowest BCUT2D eigenvalue weighted by atomic mass is 10.1. The Balaban J connectivity index is 1.40. The van der Waals surface area contributed by atoms with Crippen molar-refractivity contribution in [2.45, 2.75) is 18.3 Å². The Kier molecular flexibility index (Phi) is 6.22. The van der Waals surface area contributed by atoms with Crippen molar-refractivity contribution in [1.82, 2.24) is 20.0 Å². The SMILES string of the molecule is O=C1CSC(c2ccccc2[N+](=O)[O-])N1C(=O)NCCCn1ncc2ccc([N+](=O)[O-])cc21. The molecule has 1 N–H and O–H groups in total. The number of nitrogens with zero attached hydrogens (tertiary/aromatic N) is 5. The summed E-state index contributed by atoms with van der Waals surface area (Å²) in [6.45, 7) is 0.606. The number of rotatable bonds is 7. The molecule has 0 bridgehead atoms. The number of aryl methyl sites for hydroxylation is 1. The molecule has 4 rings (SSSR count). The van der Waals surface area contributed by atoms with Crippen molar-refractivity contribution in [1.29, 1.82) is 0 Å². The summed E-state index contributed by atoms with van der Waals surface area (Å²) in [5.74, 6) is -0.381. The van der Waals surface area contributed by atoms with Gasteiger partial charge in [-0.25, -0.2) is 9.69 Å². The number of aromatic nitrogens is 2. The second-order valence-corrected chi connectivity index (χ2v) is 8.26. The summed E-state index contributed by atoms with van der Waals surface area (Å²) in [6.07, 6.45) is 2.06. The number of benzene rings is 2. The van der Waals surface area contributed by atoms with Crippen molar-refractivity contribution in [2.24, 2.45) is 0 Å². The monoisotopic (exact) mass is 470 g/mol. The number of nitro benzene ring substituents is 2. The highest BCUT2D eigenvalue weighted by molar-refractivity contribution is 8.00. The summed E-state index contributed by atoms with van der Waals surface area (Å²) in [4.78, 5) is 47.4. The largest absolute Gasteiger partial charge is 0.338 e. The van der Waals surface area contributed by atoms with Gasteiger partial charge in [0, 0.05) is 36.7 Å². The van der Waals surface area contributed by atoms with Gasteiger partial charge in [0.1, 0.15) is 5.37 Å². The van der Waals surface area contributed by atoms with Crippen LogP contribution < -0.4 is 5.32 Å². The van der Waals surface area contributed by atoms with Crippen molar-refractivity contribution >= 4 is 46.0 Å². The Labute approximate surface area is 190 Å². The molecule has 1 aliphatic rings. The van der Waals surface area contributed by atoms with E-state index in [2.05, 4.69) is 10.4 Å². The predicted molar refractivity (Wildman–Crippen MR) is 120 cm³/mol. The molecule has 33 heavy (non-hydrogen) atoms. The number of fused-ring (bicyclic) bond motifs is 1. The molecule has 0 aliphatic carbocycles. The summed E-state index contributed by atoms with van der Waals surface area (Å²) < 4.78 is 1.61. The topological polar surface area (TPSA) is 154 Å². The standard InChI is InChI=1S/C20H18N6O6S/c27-18-12-33-19(15-4-1-2-5-16(15)26(31)32)24(18)20(28)21-8-3-9-23-17-10-14(25(29)30)7-6-13(17)11-22-23/h1-2,4-7,10-11,19H,3,8-9,12H2,(H,21,28). The molecule has 0 saturated carbocycles. The normalized spacial score (nSPS) is 15.7. The Hall–Kier alpha value is -4.00. The molecule has 1 fully saturated rings. The number of hydrogen-bond donors (Lipinski definition) is 1. The molecule has 170 valence electrons. The molecule has 13 heteroatoms. The second kappa shape index (κ2) is 9.24. The second-order valence-electron chi connectivity index (χ2n) is 7.20. The van der Waals surface area contributed by atoms with Crippen LogP contribution in [0.4, 0.5) is 16.2 Å². The smallest absolute Gasteiger partial charge is 0.325 e. The van der Waals surface area contributed by atoms with E-state index in [1.165, 1.54) is 30.3 Å². The highest BCUT2D eigenvalue weighted by Gasteiger charge is 2.40. The van der Waals surface area contributed by atoms with E-state index in [-0.39, 0.29) is 29.2 Å². The maximum absolute atomic E-state index is 12.7. The van der Waals surface area contributed by atoms with Gasteiger partial charge in [-0.15, -0.1) is 11.8 Å². The average molecular weight is 470 g/mol. The lowest BCUT2D eigenvalue weighted by molar-refractivity contribution is -0.385. The number of nitrogens with one attached hydrogen (secondary N) is 1. The van der Waals surface area contributed by atoms with Crippen molar-refractivity contribution in [3.63, 3.8) is 0 Å². The van der Waals surface area contributed by atoms with Gasteiger partial charge in [-0.05, 0) is 18.6 Å². The zero-order valence-electron chi connectivity index (χ0n) is 17.1. The maximum Gasteiger partial charge on any atom is 0.325 e. The zero-order chi connectivity index (χ0) is 23.5. The number of hydrogen-bond acceptors (Lipinski definition) is 8. The summed E-state index contributed by atoms with van der Waals surface area (Å²) in [7, 11) is 0. The molecule has 0 radical (unpaired) electrons. The molecular formula is C20H18N6O6S. The number of amides is 3. The molecule has 3 amide bonds. The van der Waals surface area contributed by atoms with Crippen LogP contribution in [0.3, 0.4) is 0 Å². The number of carbonyl (C=O) groups excluding carboxylic acids is 2. The third-order valence-corrected chi connectivity index (χ3v) is 6.34. The Morgan fingerprint density at radius 2 is 1.97 bits per heavy atom. The molecule has 2 heterocycles. The predicted octanol–water partition coefficient (Wildman–Crippen LogP) is 3.23. The number of thioether (sulfide) groups is 1. The zero-order valence-corrected chi connectivity index (χ0v) is 17.9. The fraction of sp³-hybridized carbons (Fsp3) is 0.250. The van der Waals surface area contributed by atoms with Crippen LogP contribution >= 0.6 is 11.8 Å². The maximum atomic E-state index is 12.7. The van der Waals surface area contributed by atoms with E-state index in [1.807, 2.05) is 0 Å². The van der Waals surface area contributed by atoms with Gasteiger partial charge >= 0.3 is 6.03 Å². The van der Waals surface area contributed by atoms with E-state index >= 15 is 0 Å². The fourth-order valence-electron chi connectivity index (χ4n) is 3.60. The van der Waals surface area contributed by atoms with E-state index in [0.717, 1.165) is 22.0 Å². The van der Waals surface area contributed by atoms with Gasteiger partial charge in [0.2, 0.25) is 5.91 Å². The molecule has 1 aliphatic heterocycles. The minimum Gasteiger partial charge on any atom is -0.338 e. The fourth-order valence-corrected chi connectivity index (χ4v) is 4.78. The molecule has 1 aromatic heterocycles. The van der Waals surface area contributed by atoms with Crippen LogP contribution in [0, 0.1) is 20.2 Å². The first kappa shape index (κ1) is 22.2. The summed E-state index contributed by atoms with van der Waals surface area (Å²) in [5, 5.41) is 29.3. The van der Waals surface area contributed by atoms with E-state index in [0.29, 0.717) is 18.5 Å². The van der Waals surface area contributed by atoms with Gasteiger partial charge in [-0.1, -0.05) is 12.1 Å². The molecule has 1 saturated heterocycles. The van der Waals surface area contributed by atoms with Crippen LogP contribution in [0.5, 0.6) is 0 Å². The number of non-ortho nitro benzene ring substituents is 1. The van der Waals surface area contributed by atoms with Gasteiger partial charge in [0.15, 0.2) is 0 Å². The van der Waals surface area contributed by atoms with E-state index in [9.17, 15) is 29.8 Å². The first-order chi connectivity index (χ1) is 15.9. The molecule has 12 nitrogen and oxygen atoms in total. The van der Waals surface area contributed by atoms with Crippen LogP contribution in [0.15, 0.2) is 48.7 Å². The number of imide groups is 1. The molecule has 2 aromatic carbocycles. The third-order valence-electron chi connectivity index (χ3n) is 5.15. The van der Waals surface area contributed by atoms with Gasteiger partial charge < -0.3 is 5.32 Å². The van der Waals surface area contributed by atoms with Crippen molar-refractivity contribution in [3.05, 3.63) is 74.5 Å². The number of carbonyl (C=O) groups is 2. The van der Waals surface area contributed by atoms with Crippen LogP contribution in [0.25, 0.3) is 10.9 Å².